The van der Waals surface area contributed by atoms with Gasteiger partial charge in [0.1, 0.15) is 17.1 Å². The summed E-state index contributed by atoms with van der Waals surface area (Å²) in [4.78, 5) is 50.8. The molecule has 4 rings (SSSR count). The summed E-state index contributed by atoms with van der Waals surface area (Å²) < 4.78 is 20.5. The van der Waals surface area contributed by atoms with Gasteiger partial charge in [-0.15, -0.1) is 11.3 Å². The number of para-hydroxylation sites is 1. The van der Waals surface area contributed by atoms with E-state index in [-0.39, 0.29) is 24.3 Å². The van der Waals surface area contributed by atoms with Crippen molar-refractivity contribution >= 4 is 39.1 Å². The van der Waals surface area contributed by atoms with Crippen LogP contribution in [0.3, 0.4) is 0 Å². The number of fused-ring (bicyclic) bond motifs is 1. The number of methoxy groups -OCH3 is 1. The summed E-state index contributed by atoms with van der Waals surface area (Å²) in [7, 11) is 1.23. The van der Waals surface area contributed by atoms with Crippen LogP contribution in [0.25, 0.3) is 10.2 Å². The number of anilines is 1. The molecule has 0 saturated carbocycles. The van der Waals surface area contributed by atoms with Crippen molar-refractivity contribution in [1.29, 1.82) is 0 Å². The average molecular weight is 467 g/mol. The fraction of sp³-hybridized carbons (Fsp3) is 0.130. The molecule has 168 valence electrons. The number of esters is 1. The Kier molecular flexibility index (Phi) is 6.18. The fourth-order valence-electron chi connectivity index (χ4n) is 3.41. The smallest absolute Gasteiger partial charge is 0.339 e. The summed E-state index contributed by atoms with van der Waals surface area (Å²) in [6.07, 6.45) is 0. The second kappa shape index (κ2) is 9.21. The molecular formula is C23H18FN3O5S. The molecule has 0 radical (unpaired) electrons. The molecule has 0 bridgehead atoms. The number of benzene rings is 2. The van der Waals surface area contributed by atoms with Gasteiger partial charge >= 0.3 is 11.7 Å². The highest BCUT2D eigenvalue weighted by molar-refractivity contribution is 7.17. The Balaban J connectivity index is 1.70. The van der Waals surface area contributed by atoms with Crippen LogP contribution < -0.4 is 16.6 Å². The number of nitrogens with one attached hydrogen (secondary N) is 1. The van der Waals surface area contributed by atoms with Crippen LogP contribution in [0.15, 0.2) is 69.6 Å². The maximum absolute atomic E-state index is 13.2. The third-order valence-corrected chi connectivity index (χ3v) is 5.89. The lowest BCUT2D eigenvalue weighted by atomic mass is 10.2. The van der Waals surface area contributed by atoms with E-state index >= 15 is 0 Å². The zero-order chi connectivity index (χ0) is 23.5. The largest absolute Gasteiger partial charge is 0.465 e. The predicted molar refractivity (Wildman–Crippen MR) is 122 cm³/mol. The van der Waals surface area contributed by atoms with Gasteiger partial charge in [0.05, 0.1) is 30.4 Å². The van der Waals surface area contributed by atoms with Crippen LogP contribution in [-0.2, 0) is 22.6 Å². The molecule has 0 fully saturated rings. The SMILES string of the molecule is COC(=O)c1ccccc1NC(=O)Cn1c(=O)n(Cc2ccc(F)cc2)c(=O)c2sccc21. The third kappa shape index (κ3) is 4.46. The first kappa shape index (κ1) is 22.2. The molecule has 0 aliphatic carbocycles. The topological polar surface area (TPSA) is 99.4 Å². The Morgan fingerprint density at radius 2 is 1.76 bits per heavy atom. The number of carbonyl (C=O) groups is 2. The zero-order valence-electron chi connectivity index (χ0n) is 17.4. The van der Waals surface area contributed by atoms with E-state index in [0.717, 1.165) is 15.9 Å². The minimum atomic E-state index is -0.674. The van der Waals surface area contributed by atoms with Crippen molar-refractivity contribution in [3.8, 4) is 0 Å². The first-order valence-corrected chi connectivity index (χ1v) is 10.7. The third-order valence-electron chi connectivity index (χ3n) is 5.00. The summed E-state index contributed by atoms with van der Waals surface area (Å²) in [6, 6.07) is 13.4. The Morgan fingerprint density at radius 1 is 1.03 bits per heavy atom. The maximum Gasteiger partial charge on any atom is 0.339 e. The van der Waals surface area contributed by atoms with E-state index in [1.807, 2.05) is 0 Å². The maximum atomic E-state index is 13.2. The van der Waals surface area contributed by atoms with Crippen molar-refractivity contribution in [1.82, 2.24) is 9.13 Å². The van der Waals surface area contributed by atoms with E-state index in [1.165, 1.54) is 42.0 Å². The molecule has 8 nitrogen and oxygen atoms in total. The summed E-state index contributed by atoms with van der Waals surface area (Å²) in [5.74, 6) is -1.61. The quantitative estimate of drug-likeness (QED) is 0.440. The Hall–Kier alpha value is -4.05. The molecular weight excluding hydrogens is 449 g/mol. The first-order valence-electron chi connectivity index (χ1n) is 9.81. The normalized spacial score (nSPS) is 10.8. The first-order chi connectivity index (χ1) is 15.9. The van der Waals surface area contributed by atoms with Crippen LogP contribution in [0.1, 0.15) is 15.9 Å². The Labute approximate surface area is 190 Å². The molecule has 33 heavy (non-hydrogen) atoms. The highest BCUT2D eigenvalue weighted by atomic mass is 32.1. The van der Waals surface area contributed by atoms with Gasteiger partial charge in [0.15, 0.2) is 0 Å². The molecule has 2 heterocycles. The second-order valence-corrected chi connectivity index (χ2v) is 8.02. The van der Waals surface area contributed by atoms with Gasteiger partial charge < -0.3 is 10.1 Å². The van der Waals surface area contributed by atoms with Crippen molar-refractivity contribution in [3.05, 3.63) is 97.8 Å². The molecule has 2 aromatic heterocycles. The number of rotatable bonds is 6. The Morgan fingerprint density at radius 3 is 2.48 bits per heavy atom. The molecule has 0 atom stereocenters. The number of amides is 1. The van der Waals surface area contributed by atoms with E-state index in [2.05, 4.69) is 5.32 Å². The van der Waals surface area contributed by atoms with Crippen LogP contribution >= 0.6 is 11.3 Å². The van der Waals surface area contributed by atoms with Gasteiger partial charge in [0.2, 0.25) is 5.91 Å². The highest BCUT2D eigenvalue weighted by Crippen LogP contribution is 2.18. The highest BCUT2D eigenvalue weighted by Gasteiger charge is 2.18. The number of aromatic nitrogens is 2. The fourth-order valence-corrected chi connectivity index (χ4v) is 4.25. The van der Waals surface area contributed by atoms with Crippen LogP contribution in [0.5, 0.6) is 0 Å². The van der Waals surface area contributed by atoms with Gasteiger partial charge in [-0.3, -0.25) is 18.7 Å². The van der Waals surface area contributed by atoms with E-state index < -0.39 is 28.9 Å². The van der Waals surface area contributed by atoms with Crippen molar-refractivity contribution < 1.29 is 18.7 Å². The number of nitrogens with zero attached hydrogens (tertiary/aromatic N) is 2. The van der Waals surface area contributed by atoms with E-state index in [0.29, 0.717) is 15.8 Å². The van der Waals surface area contributed by atoms with Gasteiger partial charge in [-0.05, 0) is 41.3 Å². The van der Waals surface area contributed by atoms with Gasteiger partial charge in [0.25, 0.3) is 5.56 Å². The molecule has 1 N–H and O–H groups in total. The molecule has 1 amide bonds. The summed E-state index contributed by atoms with van der Waals surface area (Å²) in [5.41, 5.74) is 0.149. The number of hydrogen-bond acceptors (Lipinski definition) is 6. The predicted octanol–water partition coefficient (Wildman–Crippen LogP) is 2.84. The molecule has 0 aliphatic rings. The van der Waals surface area contributed by atoms with Crippen LogP contribution in [0, 0.1) is 5.82 Å². The lowest BCUT2D eigenvalue weighted by Crippen LogP contribution is -2.41. The minimum Gasteiger partial charge on any atom is -0.465 e. The van der Waals surface area contributed by atoms with Crippen molar-refractivity contribution in [2.24, 2.45) is 0 Å². The van der Waals surface area contributed by atoms with E-state index in [9.17, 15) is 23.6 Å². The monoisotopic (exact) mass is 467 g/mol. The molecule has 0 spiro atoms. The molecule has 0 aliphatic heterocycles. The molecule has 4 aromatic rings. The second-order valence-electron chi connectivity index (χ2n) is 7.11. The summed E-state index contributed by atoms with van der Waals surface area (Å²) in [5, 5.41) is 4.28. The lowest BCUT2D eigenvalue weighted by molar-refractivity contribution is -0.116. The van der Waals surface area contributed by atoms with Crippen LogP contribution in [0.4, 0.5) is 10.1 Å². The molecule has 0 unspecified atom stereocenters. The number of halogens is 1. The summed E-state index contributed by atoms with van der Waals surface area (Å²) >= 11 is 1.16. The van der Waals surface area contributed by atoms with Gasteiger partial charge in [0, 0.05) is 0 Å². The van der Waals surface area contributed by atoms with Gasteiger partial charge in [-0.2, -0.15) is 0 Å². The molecule has 0 saturated heterocycles. The van der Waals surface area contributed by atoms with Crippen molar-refractivity contribution in [2.75, 3.05) is 12.4 Å². The zero-order valence-corrected chi connectivity index (χ0v) is 18.2. The van der Waals surface area contributed by atoms with E-state index in [4.69, 9.17) is 4.74 Å². The number of ether oxygens (including phenoxy) is 1. The van der Waals surface area contributed by atoms with Crippen LogP contribution in [0.2, 0.25) is 0 Å². The van der Waals surface area contributed by atoms with Crippen molar-refractivity contribution in [2.45, 2.75) is 13.1 Å². The van der Waals surface area contributed by atoms with Crippen LogP contribution in [-0.4, -0.2) is 28.1 Å². The van der Waals surface area contributed by atoms with Crippen molar-refractivity contribution in [3.63, 3.8) is 0 Å². The average Bonchev–Trinajstić information content (AvgIpc) is 3.31. The summed E-state index contributed by atoms with van der Waals surface area (Å²) in [6.45, 7) is -0.455. The standard InChI is InChI=1S/C23H18FN3O5S/c1-32-22(30)16-4-2-3-5-17(16)25-19(28)13-26-18-10-11-33-20(18)21(29)27(23(26)31)12-14-6-8-15(24)9-7-14/h2-11H,12-13H2,1H3,(H,25,28). The Bertz CT molecular complexity index is 1470. The number of hydrogen-bond donors (Lipinski definition) is 1. The van der Waals surface area contributed by atoms with Gasteiger partial charge in [-0.1, -0.05) is 24.3 Å². The number of carbonyl (C=O) groups excluding carboxylic acids is 2. The lowest BCUT2D eigenvalue weighted by Gasteiger charge is -2.13. The molecule has 2 aromatic carbocycles. The minimum absolute atomic E-state index is 0.0709. The molecule has 10 heteroatoms. The number of thiophene rings is 1. The van der Waals surface area contributed by atoms with Gasteiger partial charge in [-0.25, -0.2) is 14.0 Å². The van der Waals surface area contributed by atoms with E-state index in [1.54, 1.807) is 29.6 Å².